The number of hydrogen-bond acceptors (Lipinski definition) is 4. The molecule has 0 spiro atoms. The first kappa shape index (κ1) is 13.7. The number of hydrogen-bond donors (Lipinski definition) is 0. The van der Waals surface area contributed by atoms with E-state index in [0.717, 1.165) is 0 Å². The molecule has 0 atom stereocenters. The van der Waals surface area contributed by atoms with E-state index < -0.39 is 7.82 Å². The lowest BCUT2D eigenvalue weighted by molar-refractivity contribution is 0.154. The summed E-state index contributed by atoms with van der Waals surface area (Å²) in [6.07, 6.45) is 1.21. The Balaban J connectivity index is 4.24. The van der Waals surface area contributed by atoms with E-state index >= 15 is 0 Å². The van der Waals surface area contributed by atoms with Crippen molar-refractivity contribution in [2.75, 3.05) is 13.2 Å². The summed E-state index contributed by atoms with van der Waals surface area (Å²) in [5.41, 5.74) is 0. The first-order valence-electron chi connectivity index (χ1n) is 3.62. The van der Waals surface area contributed by atoms with Gasteiger partial charge in [-0.1, -0.05) is 0 Å². The third kappa shape index (κ3) is 6.69. The van der Waals surface area contributed by atoms with E-state index in [4.69, 9.17) is 13.6 Å². The van der Waals surface area contributed by atoms with E-state index in [1.165, 1.54) is 6.26 Å². The van der Waals surface area contributed by atoms with Crippen molar-refractivity contribution in [2.45, 2.75) is 13.8 Å². The molecule has 0 saturated carbocycles. The van der Waals surface area contributed by atoms with Crippen molar-refractivity contribution in [3.8, 4) is 0 Å². The third-order valence-electron chi connectivity index (χ3n) is 0.845. The molecule has 0 rings (SSSR count). The lowest BCUT2D eigenvalue weighted by Crippen LogP contribution is -1.96. The van der Waals surface area contributed by atoms with Crippen LogP contribution in [0.4, 0.5) is 0 Å². The summed E-state index contributed by atoms with van der Waals surface area (Å²) in [5, 5.41) is 0. The summed E-state index contributed by atoms with van der Waals surface area (Å²) in [7, 11) is -3.41. The quantitative estimate of drug-likeness (QED) is 0.546. The predicted molar refractivity (Wildman–Crippen MR) is 57.9 cm³/mol. The van der Waals surface area contributed by atoms with Crippen LogP contribution in [-0.4, -0.2) is 13.2 Å². The van der Waals surface area contributed by atoms with Crippen LogP contribution in [0.1, 0.15) is 13.8 Å². The van der Waals surface area contributed by atoms with Gasteiger partial charge in [0.15, 0.2) is 0 Å². The Kier molecular flexibility index (Phi) is 7.36. The number of halogens is 2. The molecule has 0 aromatic heterocycles. The molecule has 0 unspecified atom stereocenters. The summed E-state index contributed by atoms with van der Waals surface area (Å²) in [4.78, 5) is 0. The highest BCUT2D eigenvalue weighted by atomic mass is 79.9. The molecule has 4 nitrogen and oxygen atoms in total. The standard InChI is InChI=1S/C6H11Br2O4P/c1-3-10-13(9,11-4-2)12-5-6(7)8/h5H,3-4H2,1-2H3. The molecule has 0 aromatic carbocycles. The van der Waals surface area contributed by atoms with Crippen molar-refractivity contribution in [3.63, 3.8) is 0 Å². The molecule has 0 radical (unpaired) electrons. The van der Waals surface area contributed by atoms with Gasteiger partial charge in [0.25, 0.3) is 0 Å². The lowest BCUT2D eigenvalue weighted by Gasteiger charge is -2.14. The minimum atomic E-state index is -3.41. The lowest BCUT2D eigenvalue weighted by atomic mass is 10.9. The fourth-order valence-electron chi connectivity index (χ4n) is 0.519. The maximum atomic E-state index is 11.6. The molecule has 0 aliphatic rings. The Labute approximate surface area is 94.5 Å². The highest BCUT2D eigenvalue weighted by Gasteiger charge is 2.25. The molecule has 7 heteroatoms. The average molecular weight is 338 g/mol. The Morgan fingerprint density at radius 1 is 1.31 bits per heavy atom. The van der Waals surface area contributed by atoms with E-state index in [1.807, 2.05) is 0 Å². The normalized spacial score (nSPS) is 11.1. The fraction of sp³-hybridized carbons (Fsp3) is 0.667. The van der Waals surface area contributed by atoms with E-state index in [0.29, 0.717) is 3.39 Å². The van der Waals surface area contributed by atoms with Crippen LogP contribution in [0, 0.1) is 0 Å². The van der Waals surface area contributed by atoms with Gasteiger partial charge in [-0.2, -0.15) is 0 Å². The Hall–Kier alpha value is 0.650. The minimum Gasteiger partial charge on any atom is -0.410 e. The third-order valence-corrected chi connectivity index (χ3v) is 2.73. The molecular formula is C6H11Br2O4P. The van der Waals surface area contributed by atoms with Gasteiger partial charge < -0.3 is 4.52 Å². The van der Waals surface area contributed by atoms with Crippen LogP contribution < -0.4 is 0 Å². The number of rotatable bonds is 6. The molecule has 0 amide bonds. The van der Waals surface area contributed by atoms with Gasteiger partial charge in [0, 0.05) is 0 Å². The van der Waals surface area contributed by atoms with E-state index in [1.54, 1.807) is 13.8 Å². The monoisotopic (exact) mass is 336 g/mol. The van der Waals surface area contributed by atoms with Crippen molar-refractivity contribution in [2.24, 2.45) is 0 Å². The summed E-state index contributed by atoms with van der Waals surface area (Å²) in [5.74, 6) is 0. The first-order valence-corrected chi connectivity index (χ1v) is 6.67. The molecule has 0 bridgehead atoms. The maximum absolute atomic E-state index is 11.6. The molecule has 0 aliphatic carbocycles. The highest BCUT2D eigenvalue weighted by Crippen LogP contribution is 2.49. The zero-order valence-corrected chi connectivity index (χ0v) is 11.4. The van der Waals surface area contributed by atoms with Gasteiger partial charge in [-0.25, -0.2) is 4.57 Å². The van der Waals surface area contributed by atoms with Gasteiger partial charge in [0.2, 0.25) is 0 Å². The molecular weight excluding hydrogens is 327 g/mol. The van der Waals surface area contributed by atoms with Crippen molar-refractivity contribution >= 4 is 39.7 Å². The van der Waals surface area contributed by atoms with Gasteiger partial charge in [-0.05, 0) is 45.7 Å². The maximum Gasteiger partial charge on any atom is 0.529 e. The van der Waals surface area contributed by atoms with Gasteiger partial charge in [0.1, 0.15) is 6.26 Å². The number of phosphoric ester groups is 1. The second kappa shape index (κ2) is 7.01. The van der Waals surface area contributed by atoms with Gasteiger partial charge in [-0.3, -0.25) is 9.05 Å². The fourth-order valence-corrected chi connectivity index (χ4v) is 2.06. The average Bonchev–Trinajstić information content (AvgIpc) is 2.02. The molecule has 0 N–H and O–H groups in total. The second-order valence-corrected chi connectivity index (χ2v) is 6.19. The summed E-state index contributed by atoms with van der Waals surface area (Å²) < 4.78 is 26.6. The molecule has 13 heavy (non-hydrogen) atoms. The molecule has 0 aliphatic heterocycles. The summed E-state index contributed by atoms with van der Waals surface area (Å²) >= 11 is 6.10. The van der Waals surface area contributed by atoms with Crippen LogP contribution in [-0.2, 0) is 18.1 Å². The Bertz CT molecular complexity index is 205. The second-order valence-electron chi connectivity index (χ2n) is 1.80. The van der Waals surface area contributed by atoms with E-state index in [-0.39, 0.29) is 13.2 Å². The van der Waals surface area contributed by atoms with Crippen LogP contribution in [0.3, 0.4) is 0 Å². The molecule has 0 aromatic rings. The first-order chi connectivity index (χ1) is 6.04. The van der Waals surface area contributed by atoms with Gasteiger partial charge in [0.05, 0.1) is 16.6 Å². The zero-order valence-electron chi connectivity index (χ0n) is 7.33. The Morgan fingerprint density at radius 2 is 1.77 bits per heavy atom. The van der Waals surface area contributed by atoms with Crippen LogP contribution in [0.2, 0.25) is 0 Å². The summed E-state index contributed by atoms with van der Waals surface area (Å²) in [6, 6.07) is 0. The van der Waals surface area contributed by atoms with Crippen LogP contribution in [0.15, 0.2) is 9.65 Å². The van der Waals surface area contributed by atoms with Crippen LogP contribution >= 0.6 is 39.7 Å². The van der Waals surface area contributed by atoms with Crippen LogP contribution in [0.5, 0.6) is 0 Å². The van der Waals surface area contributed by atoms with E-state index in [9.17, 15) is 4.57 Å². The van der Waals surface area contributed by atoms with Crippen molar-refractivity contribution in [1.29, 1.82) is 0 Å². The van der Waals surface area contributed by atoms with Crippen LogP contribution in [0.25, 0.3) is 0 Å². The smallest absolute Gasteiger partial charge is 0.410 e. The van der Waals surface area contributed by atoms with Gasteiger partial charge in [-0.15, -0.1) is 0 Å². The zero-order chi connectivity index (χ0) is 10.3. The highest BCUT2D eigenvalue weighted by molar-refractivity contribution is 9.28. The predicted octanol–water partition coefficient (Wildman–Crippen LogP) is 3.77. The van der Waals surface area contributed by atoms with Crippen molar-refractivity contribution in [1.82, 2.24) is 0 Å². The summed E-state index contributed by atoms with van der Waals surface area (Å²) in [6.45, 7) is 3.96. The van der Waals surface area contributed by atoms with E-state index in [2.05, 4.69) is 31.9 Å². The molecule has 0 heterocycles. The van der Waals surface area contributed by atoms with Crippen molar-refractivity contribution in [3.05, 3.63) is 9.65 Å². The molecule has 78 valence electrons. The van der Waals surface area contributed by atoms with Gasteiger partial charge >= 0.3 is 7.82 Å². The molecule has 0 saturated heterocycles. The largest absolute Gasteiger partial charge is 0.529 e. The van der Waals surface area contributed by atoms with Crippen molar-refractivity contribution < 1.29 is 18.1 Å². The molecule has 0 fully saturated rings. The number of phosphoric acid groups is 1. The SMILES string of the molecule is CCOP(=O)(OC=C(Br)Br)OCC. The minimum absolute atomic E-state index is 0.269. The topological polar surface area (TPSA) is 44.8 Å². The Morgan fingerprint density at radius 3 is 2.08 bits per heavy atom.